The summed E-state index contributed by atoms with van der Waals surface area (Å²) in [7, 11) is 0. The van der Waals surface area contributed by atoms with Gasteiger partial charge >= 0.3 is 11.9 Å². The van der Waals surface area contributed by atoms with Crippen LogP contribution in [0.2, 0.25) is 0 Å². The maximum Gasteiger partial charge on any atom is 0.322 e. The number of carboxylic acids is 2. The zero-order chi connectivity index (χ0) is 23.1. The third-order valence-electron chi connectivity index (χ3n) is 6.42. The molecule has 1 atom stereocenters. The van der Waals surface area contributed by atoms with Crippen molar-refractivity contribution in [2.75, 3.05) is 0 Å². The molecule has 0 spiro atoms. The van der Waals surface area contributed by atoms with Gasteiger partial charge in [-0.25, -0.2) is 9.07 Å². The van der Waals surface area contributed by atoms with Crippen LogP contribution in [-0.4, -0.2) is 31.9 Å². The molecule has 0 aliphatic rings. The fourth-order valence-electron chi connectivity index (χ4n) is 4.17. The summed E-state index contributed by atoms with van der Waals surface area (Å²) in [6, 6.07) is 19.9. The van der Waals surface area contributed by atoms with E-state index in [1.807, 2.05) is 0 Å². The molecule has 0 aliphatic heterocycles. The maximum absolute atomic E-state index is 13.3. The topological polar surface area (TPSA) is 92.4 Å². The standard InChI is InChI=1S/C25H21FN2O4/c1-24(17-6-4-3-5-7-17,25(2,22(29)30)23(31)32)18-8-13-21-16(14-18)15-27-28(21)20-11-9-19(26)10-12-20/h3-15H,1-2H3,(H,29,30)(H,31,32). The van der Waals surface area contributed by atoms with E-state index in [4.69, 9.17) is 0 Å². The van der Waals surface area contributed by atoms with E-state index in [2.05, 4.69) is 5.10 Å². The number of fused-ring (bicyclic) bond motifs is 1. The molecular formula is C25H21FN2O4. The number of carboxylic acid groups (broad SMARTS) is 2. The van der Waals surface area contributed by atoms with E-state index in [1.165, 1.54) is 19.1 Å². The summed E-state index contributed by atoms with van der Waals surface area (Å²) < 4.78 is 14.9. The Morgan fingerprint density at radius 1 is 0.875 bits per heavy atom. The Morgan fingerprint density at radius 3 is 2.09 bits per heavy atom. The van der Waals surface area contributed by atoms with Crippen molar-refractivity contribution in [2.45, 2.75) is 19.3 Å². The van der Waals surface area contributed by atoms with E-state index in [-0.39, 0.29) is 5.82 Å². The van der Waals surface area contributed by atoms with Crippen LogP contribution in [0, 0.1) is 11.2 Å². The number of rotatable bonds is 6. The van der Waals surface area contributed by atoms with Gasteiger partial charge in [0.2, 0.25) is 0 Å². The van der Waals surface area contributed by atoms with E-state index in [0.717, 1.165) is 5.52 Å². The number of carbonyl (C=O) groups is 2. The lowest BCUT2D eigenvalue weighted by Crippen LogP contribution is -2.53. The van der Waals surface area contributed by atoms with Crippen molar-refractivity contribution in [3.63, 3.8) is 0 Å². The molecule has 1 heterocycles. The third kappa shape index (κ3) is 3.05. The van der Waals surface area contributed by atoms with Gasteiger partial charge in [0, 0.05) is 10.8 Å². The molecule has 0 saturated heterocycles. The van der Waals surface area contributed by atoms with Gasteiger partial charge in [-0.2, -0.15) is 5.10 Å². The summed E-state index contributed by atoms with van der Waals surface area (Å²) in [6.45, 7) is 2.87. The second-order valence-electron chi connectivity index (χ2n) is 8.03. The number of benzene rings is 3. The van der Waals surface area contributed by atoms with E-state index in [9.17, 15) is 24.2 Å². The second kappa shape index (κ2) is 7.60. The Hall–Kier alpha value is -4.00. The zero-order valence-electron chi connectivity index (χ0n) is 17.5. The first-order chi connectivity index (χ1) is 15.2. The maximum atomic E-state index is 13.3. The lowest BCUT2D eigenvalue weighted by molar-refractivity contribution is -0.167. The molecule has 0 saturated carbocycles. The minimum absolute atomic E-state index is 0.354. The molecule has 4 rings (SSSR count). The van der Waals surface area contributed by atoms with Gasteiger partial charge in [0.1, 0.15) is 5.82 Å². The van der Waals surface area contributed by atoms with Crippen molar-refractivity contribution in [1.82, 2.24) is 9.78 Å². The summed E-state index contributed by atoms with van der Waals surface area (Å²) in [5.74, 6) is -3.22. The van der Waals surface area contributed by atoms with Crippen molar-refractivity contribution in [2.24, 2.45) is 5.41 Å². The van der Waals surface area contributed by atoms with Crippen LogP contribution in [0.4, 0.5) is 4.39 Å². The van der Waals surface area contributed by atoms with Crippen LogP contribution in [0.5, 0.6) is 0 Å². The molecular weight excluding hydrogens is 411 g/mol. The molecule has 0 radical (unpaired) electrons. The van der Waals surface area contributed by atoms with Gasteiger partial charge in [-0.3, -0.25) is 9.59 Å². The van der Waals surface area contributed by atoms with E-state index >= 15 is 0 Å². The summed E-state index contributed by atoms with van der Waals surface area (Å²) in [5, 5.41) is 25.1. The molecule has 0 aliphatic carbocycles. The van der Waals surface area contributed by atoms with Crippen LogP contribution >= 0.6 is 0 Å². The number of nitrogens with zero attached hydrogens (tertiary/aromatic N) is 2. The molecule has 0 bridgehead atoms. The normalized spacial score (nSPS) is 13.6. The third-order valence-corrected chi connectivity index (χ3v) is 6.42. The average Bonchev–Trinajstić information content (AvgIpc) is 3.22. The summed E-state index contributed by atoms with van der Waals surface area (Å²) >= 11 is 0. The molecule has 6 nitrogen and oxygen atoms in total. The number of aliphatic carboxylic acids is 2. The fourth-order valence-corrected chi connectivity index (χ4v) is 4.17. The van der Waals surface area contributed by atoms with Crippen LogP contribution in [0.15, 0.2) is 79.0 Å². The van der Waals surface area contributed by atoms with Crippen LogP contribution in [0.25, 0.3) is 16.6 Å². The molecule has 1 unspecified atom stereocenters. The van der Waals surface area contributed by atoms with E-state index in [1.54, 1.807) is 78.5 Å². The largest absolute Gasteiger partial charge is 0.480 e. The van der Waals surface area contributed by atoms with Crippen LogP contribution in [0.3, 0.4) is 0 Å². The highest BCUT2D eigenvalue weighted by atomic mass is 19.1. The Balaban J connectivity index is 1.94. The first kappa shape index (κ1) is 21.2. The molecule has 32 heavy (non-hydrogen) atoms. The quantitative estimate of drug-likeness (QED) is 0.433. The predicted molar refractivity (Wildman–Crippen MR) is 117 cm³/mol. The number of halogens is 1. The zero-order valence-corrected chi connectivity index (χ0v) is 17.5. The van der Waals surface area contributed by atoms with E-state index < -0.39 is 22.8 Å². The minimum Gasteiger partial charge on any atom is -0.480 e. The SMILES string of the molecule is CC(C(=O)O)(C(=O)O)C(C)(c1ccccc1)c1ccc2c(cnn2-c2ccc(F)cc2)c1. The molecule has 2 N–H and O–H groups in total. The van der Waals surface area contributed by atoms with E-state index in [0.29, 0.717) is 22.2 Å². The number of hydrogen-bond donors (Lipinski definition) is 2. The second-order valence-corrected chi connectivity index (χ2v) is 8.03. The minimum atomic E-state index is -2.14. The Labute approximate surface area is 183 Å². The van der Waals surface area contributed by atoms with Gasteiger partial charge < -0.3 is 10.2 Å². The molecule has 7 heteroatoms. The lowest BCUT2D eigenvalue weighted by Gasteiger charge is -2.41. The van der Waals surface area contributed by atoms with Gasteiger partial charge in [0.25, 0.3) is 0 Å². The van der Waals surface area contributed by atoms with Gasteiger partial charge in [0.15, 0.2) is 5.41 Å². The molecule has 3 aromatic carbocycles. The molecule has 162 valence electrons. The average molecular weight is 432 g/mol. The Morgan fingerprint density at radius 2 is 1.50 bits per heavy atom. The highest BCUT2D eigenvalue weighted by Gasteiger charge is 2.58. The molecule has 1 aromatic heterocycles. The number of hydrogen-bond acceptors (Lipinski definition) is 3. The number of aromatic nitrogens is 2. The van der Waals surface area contributed by atoms with Crippen LogP contribution < -0.4 is 0 Å². The highest BCUT2D eigenvalue weighted by molar-refractivity contribution is 6.01. The van der Waals surface area contributed by atoms with Crippen molar-refractivity contribution in [1.29, 1.82) is 0 Å². The van der Waals surface area contributed by atoms with Crippen molar-refractivity contribution in [3.05, 3.63) is 95.9 Å². The van der Waals surface area contributed by atoms with Gasteiger partial charge in [-0.15, -0.1) is 0 Å². The summed E-state index contributed by atoms with van der Waals surface area (Å²) in [4.78, 5) is 24.6. The van der Waals surface area contributed by atoms with Crippen molar-refractivity contribution < 1.29 is 24.2 Å². The van der Waals surface area contributed by atoms with Gasteiger partial charge in [-0.05, 0) is 61.4 Å². The molecule has 0 fully saturated rings. The Bertz CT molecular complexity index is 1300. The van der Waals surface area contributed by atoms with Gasteiger partial charge in [0.05, 0.1) is 17.4 Å². The Kier molecular flexibility index (Phi) is 5.05. The smallest absolute Gasteiger partial charge is 0.322 e. The van der Waals surface area contributed by atoms with Crippen LogP contribution in [0.1, 0.15) is 25.0 Å². The lowest BCUT2D eigenvalue weighted by atomic mass is 9.58. The van der Waals surface area contributed by atoms with Crippen molar-refractivity contribution in [3.8, 4) is 5.69 Å². The highest BCUT2D eigenvalue weighted by Crippen LogP contribution is 2.48. The summed E-state index contributed by atoms with van der Waals surface area (Å²) in [5.41, 5.74) is -1.05. The van der Waals surface area contributed by atoms with Crippen LogP contribution in [-0.2, 0) is 15.0 Å². The first-order valence-electron chi connectivity index (χ1n) is 9.96. The fraction of sp³-hybridized carbons (Fsp3) is 0.160. The van der Waals surface area contributed by atoms with Gasteiger partial charge in [-0.1, -0.05) is 36.4 Å². The predicted octanol–water partition coefficient (Wildman–Crippen LogP) is 4.65. The van der Waals surface area contributed by atoms with Crippen molar-refractivity contribution >= 4 is 22.8 Å². The molecule has 0 amide bonds. The first-order valence-corrected chi connectivity index (χ1v) is 9.96. The summed E-state index contributed by atoms with van der Waals surface area (Å²) in [6.07, 6.45) is 1.62. The monoisotopic (exact) mass is 432 g/mol. The molecule has 4 aromatic rings.